The minimum absolute atomic E-state index is 0.167. The monoisotopic (exact) mass is 341 g/mol. The number of benzene rings is 2. The number of fused-ring (bicyclic) bond motifs is 1. The summed E-state index contributed by atoms with van der Waals surface area (Å²) in [6.07, 6.45) is 3.82. The number of aromatic nitrogens is 1. The largest absolute Gasteiger partial charge is 0.504 e. The minimum atomic E-state index is -0.170. The zero-order valence-electron chi connectivity index (χ0n) is 14.2. The molecule has 0 unspecified atom stereocenters. The molecular formula is C19H19NO5. The zero-order valence-corrected chi connectivity index (χ0v) is 14.2. The molecule has 0 radical (unpaired) electrons. The number of rotatable bonds is 5. The lowest BCUT2D eigenvalue weighted by atomic mass is 9.99. The average molecular weight is 341 g/mol. The third kappa shape index (κ3) is 2.98. The van der Waals surface area contributed by atoms with E-state index in [0.29, 0.717) is 29.1 Å². The molecule has 2 aromatic carbocycles. The molecule has 25 heavy (non-hydrogen) atoms. The van der Waals surface area contributed by atoms with Gasteiger partial charge in [-0.3, -0.25) is 4.98 Å². The molecule has 0 aliphatic heterocycles. The molecule has 3 aromatic rings. The van der Waals surface area contributed by atoms with Gasteiger partial charge >= 0.3 is 0 Å². The zero-order chi connectivity index (χ0) is 18.0. The van der Waals surface area contributed by atoms with Crippen molar-refractivity contribution >= 4 is 10.8 Å². The molecule has 2 N–H and O–H groups in total. The van der Waals surface area contributed by atoms with Gasteiger partial charge in [-0.1, -0.05) is 6.07 Å². The van der Waals surface area contributed by atoms with Gasteiger partial charge < -0.3 is 24.4 Å². The fraction of sp³-hybridized carbons (Fsp3) is 0.211. The summed E-state index contributed by atoms with van der Waals surface area (Å²) in [6.45, 7) is 0. The van der Waals surface area contributed by atoms with Gasteiger partial charge in [0.25, 0.3) is 0 Å². The molecule has 6 nitrogen and oxygen atoms in total. The molecule has 1 aromatic heterocycles. The molecule has 0 saturated heterocycles. The van der Waals surface area contributed by atoms with Crippen LogP contribution in [0.3, 0.4) is 0 Å². The highest BCUT2D eigenvalue weighted by Crippen LogP contribution is 2.39. The van der Waals surface area contributed by atoms with Gasteiger partial charge in [0.05, 0.1) is 21.3 Å². The van der Waals surface area contributed by atoms with Crippen LogP contribution in [-0.4, -0.2) is 36.5 Å². The van der Waals surface area contributed by atoms with Crippen LogP contribution in [0.15, 0.2) is 36.7 Å². The summed E-state index contributed by atoms with van der Waals surface area (Å²) in [5.74, 6) is 1.35. The number of methoxy groups -OCH3 is 3. The Kier molecular flexibility index (Phi) is 4.52. The Hall–Kier alpha value is -3.15. The van der Waals surface area contributed by atoms with E-state index in [-0.39, 0.29) is 11.5 Å². The predicted molar refractivity (Wildman–Crippen MR) is 94.0 cm³/mol. The van der Waals surface area contributed by atoms with E-state index in [9.17, 15) is 10.2 Å². The van der Waals surface area contributed by atoms with Crippen LogP contribution in [0.4, 0.5) is 0 Å². The first-order valence-corrected chi connectivity index (χ1v) is 7.65. The van der Waals surface area contributed by atoms with E-state index < -0.39 is 0 Å². The first-order chi connectivity index (χ1) is 12.1. The molecule has 6 heteroatoms. The van der Waals surface area contributed by atoms with Crippen molar-refractivity contribution in [2.75, 3.05) is 21.3 Å². The predicted octanol–water partition coefficient (Wildman–Crippen LogP) is 3.26. The lowest BCUT2D eigenvalue weighted by Gasteiger charge is -2.15. The first-order valence-electron chi connectivity index (χ1n) is 7.65. The van der Waals surface area contributed by atoms with E-state index in [1.807, 2.05) is 12.1 Å². The number of hydrogen-bond donors (Lipinski definition) is 2. The summed E-state index contributed by atoms with van der Waals surface area (Å²) in [6, 6.07) is 6.98. The van der Waals surface area contributed by atoms with Crippen LogP contribution in [0, 0.1) is 0 Å². The fourth-order valence-electron chi connectivity index (χ4n) is 2.88. The lowest BCUT2D eigenvalue weighted by Crippen LogP contribution is -1.98. The molecule has 0 aliphatic rings. The highest BCUT2D eigenvalue weighted by atomic mass is 16.5. The van der Waals surface area contributed by atoms with E-state index >= 15 is 0 Å². The third-order valence-corrected chi connectivity index (χ3v) is 4.09. The molecule has 0 amide bonds. The maximum atomic E-state index is 10.0. The maximum Gasteiger partial charge on any atom is 0.203 e. The van der Waals surface area contributed by atoms with Gasteiger partial charge in [-0.05, 0) is 41.1 Å². The van der Waals surface area contributed by atoms with Crippen LogP contribution in [-0.2, 0) is 6.42 Å². The number of nitrogens with zero attached hydrogens (tertiary/aromatic N) is 1. The van der Waals surface area contributed by atoms with Crippen LogP contribution in [0.2, 0.25) is 0 Å². The van der Waals surface area contributed by atoms with Crippen molar-refractivity contribution in [3.63, 3.8) is 0 Å². The number of phenols is 2. The van der Waals surface area contributed by atoms with Gasteiger partial charge in [0.1, 0.15) is 0 Å². The smallest absolute Gasteiger partial charge is 0.203 e. The van der Waals surface area contributed by atoms with E-state index in [2.05, 4.69) is 4.98 Å². The molecule has 0 aliphatic carbocycles. The van der Waals surface area contributed by atoms with Gasteiger partial charge in [0.15, 0.2) is 23.0 Å². The standard InChI is InChI=1S/C19H19NO5/c1-23-16-7-11(8-17(24-2)19(16)25-3)6-12-9-20-10-14-13(12)4-5-15(21)18(14)22/h4-5,7-10,21-22H,6H2,1-3H3. The maximum absolute atomic E-state index is 10.0. The molecule has 0 fully saturated rings. The normalized spacial score (nSPS) is 10.7. The molecule has 1 heterocycles. The number of pyridine rings is 1. The molecular weight excluding hydrogens is 322 g/mol. The number of ether oxygens (including phenoxy) is 3. The molecule has 0 atom stereocenters. The number of aromatic hydroxyl groups is 2. The molecule has 0 spiro atoms. The van der Waals surface area contributed by atoms with Crippen molar-refractivity contribution in [2.24, 2.45) is 0 Å². The van der Waals surface area contributed by atoms with E-state index in [4.69, 9.17) is 14.2 Å². The number of hydrogen-bond acceptors (Lipinski definition) is 6. The topological polar surface area (TPSA) is 81.0 Å². The molecule has 0 saturated carbocycles. The fourth-order valence-corrected chi connectivity index (χ4v) is 2.88. The highest BCUT2D eigenvalue weighted by molar-refractivity contribution is 5.92. The van der Waals surface area contributed by atoms with Crippen molar-refractivity contribution in [3.05, 3.63) is 47.8 Å². The summed E-state index contributed by atoms with van der Waals surface area (Å²) in [5, 5.41) is 21.0. The van der Waals surface area contributed by atoms with Crippen LogP contribution < -0.4 is 14.2 Å². The second kappa shape index (κ2) is 6.76. The first kappa shape index (κ1) is 16.7. The van der Waals surface area contributed by atoms with Crippen molar-refractivity contribution in [3.8, 4) is 28.7 Å². The van der Waals surface area contributed by atoms with Crippen molar-refractivity contribution in [1.82, 2.24) is 4.98 Å². The Labute approximate surface area is 145 Å². The Balaban J connectivity index is 2.09. The quantitative estimate of drug-likeness (QED) is 0.693. The van der Waals surface area contributed by atoms with Gasteiger partial charge in [-0.2, -0.15) is 0 Å². The summed E-state index contributed by atoms with van der Waals surface area (Å²) in [5.41, 5.74) is 1.85. The van der Waals surface area contributed by atoms with E-state index in [1.165, 1.54) is 12.3 Å². The van der Waals surface area contributed by atoms with Crippen LogP contribution in [0.25, 0.3) is 10.8 Å². The molecule has 0 bridgehead atoms. The van der Waals surface area contributed by atoms with Crippen LogP contribution >= 0.6 is 0 Å². The Morgan fingerprint density at radius 3 is 2.16 bits per heavy atom. The minimum Gasteiger partial charge on any atom is -0.504 e. The van der Waals surface area contributed by atoms with Gasteiger partial charge in [-0.15, -0.1) is 0 Å². The van der Waals surface area contributed by atoms with Crippen molar-refractivity contribution in [2.45, 2.75) is 6.42 Å². The SMILES string of the molecule is COc1cc(Cc2cncc3c(O)c(O)ccc23)cc(OC)c1OC. The summed E-state index contributed by atoms with van der Waals surface area (Å²) in [7, 11) is 4.70. The average Bonchev–Trinajstić information content (AvgIpc) is 2.64. The third-order valence-electron chi connectivity index (χ3n) is 4.09. The lowest BCUT2D eigenvalue weighted by molar-refractivity contribution is 0.324. The molecule has 3 rings (SSSR count). The second-order valence-corrected chi connectivity index (χ2v) is 5.54. The van der Waals surface area contributed by atoms with Crippen molar-refractivity contribution < 1.29 is 24.4 Å². The Morgan fingerprint density at radius 2 is 1.56 bits per heavy atom. The van der Waals surface area contributed by atoms with E-state index in [1.54, 1.807) is 33.6 Å². The van der Waals surface area contributed by atoms with Gasteiger partial charge in [0.2, 0.25) is 5.75 Å². The van der Waals surface area contributed by atoms with Crippen LogP contribution in [0.1, 0.15) is 11.1 Å². The second-order valence-electron chi connectivity index (χ2n) is 5.54. The summed E-state index contributed by atoms with van der Waals surface area (Å²) >= 11 is 0. The van der Waals surface area contributed by atoms with Crippen molar-refractivity contribution in [1.29, 1.82) is 0 Å². The molecule has 130 valence electrons. The summed E-state index contributed by atoms with van der Waals surface area (Å²) in [4.78, 5) is 4.17. The van der Waals surface area contributed by atoms with E-state index in [0.717, 1.165) is 16.5 Å². The highest BCUT2D eigenvalue weighted by Gasteiger charge is 2.15. The van der Waals surface area contributed by atoms with Crippen LogP contribution in [0.5, 0.6) is 28.7 Å². The van der Waals surface area contributed by atoms with Gasteiger partial charge in [-0.25, -0.2) is 0 Å². The Bertz CT molecular complexity index is 898. The number of phenolic OH excluding ortho intramolecular Hbond substituents is 2. The summed E-state index contributed by atoms with van der Waals surface area (Å²) < 4.78 is 16.1. The Morgan fingerprint density at radius 1 is 0.880 bits per heavy atom. The van der Waals surface area contributed by atoms with Gasteiger partial charge in [0, 0.05) is 17.8 Å².